The Kier molecular flexibility index (Phi) is 4.79. The van der Waals surface area contributed by atoms with Crippen LogP contribution in [0.3, 0.4) is 0 Å². The molecule has 2 rings (SSSR count). The van der Waals surface area contributed by atoms with Gasteiger partial charge < -0.3 is 9.84 Å². The number of carboxylic acid groups (broad SMARTS) is 1. The van der Waals surface area contributed by atoms with E-state index in [2.05, 4.69) is 0 Å². The molecular formula is C16H27NO4. The van der Waals surface area contributed by atoms with Crippen LogP contribution in [0, 0.1) is 11.8 Å². The number of carboxylic acids is 1. The van der Waals surface area contributed by atoms with E-state index >= 15 is 0 Å². The van der Waals surface area contributed by atoms with Gasteiger partial charge in [-0.05, 0) is 58.3 Å². The fraction of sp³-hybridized carbons (Fsp3) is 0.875. The van der Waals surface area contributed by atoms with Gasteiger partial charge in [0.25, 0.3) is 0 Å². The number of hydrogen-bond acceptors (Lipinski definition) is 3. The molecular weight excluding hydrogens is 270 g/mol. The molecule has 0 aromatic carbocycles. The van der Waals surface area contributed by atoms with Gasteiger partial charge in [-0.2, -0.15) is 0 Å². The van der Waals surface area contributed by atoms with Crippen LogP contribution in [0.4, 0.5) is 4.79 Å². The molecule has 2 fully saturated rings. The number of carbonyl (C=O) groups excluding carboxylic acids is 1. The smallest absolute Gasteiger partial charge is 0.411 e. The van der Waals surface area contributed by atoms with Crippen LogP contribution in [0.15, 0.2) is 0 Å². The first kappa shape index (κ1) is 16.1. The van der Waals surface area contributed by atoms with Crippen LogP contribution in [0.25, 0.3) is 0 Å². The van der Waals surface area contributed by atoms with Crippen molar-refractivity contribution in [2.24, 2.45) is 11.8 Å². The molecule has 5 heteroatoms. The number of rotatable bonds is 3. The van der Waals surface area contributed by atoms with Crippen molar-refractivity contribution in [2.75, 3.05) is 6.54 Å². The highest BCUT2D eigenvalue weighted by Crippen LogP contribution is 2.39. The average Bonchev–Trinajstić information content (AvgIpc) is 3.13. The van der Waals surface area contributed by atoms with Crippen molar-refractivity contribution < 1.29 is 19.4 Å². The Labute approximate surface area is 126 Å². The van der Waals surface area contributed by atoms with Crippen LogP contribution >= 0.6 is 0 Å². The van der Waals surface area contributed by atoms with Gasteiger partial charge in [-0.3, -0.25) is 4.90 Å². The standard InChI is InChI=1S/C16H27NO4/c1-16(2,3)21-15(20)17-9-8-12(10-11-4-5-11)6-7-13(17)14(18)19/h11-13H,4-10H2,1-3H3,(H,18,19)/t12?,13-/m0/s1. The first-order valence-electron chi connectivity index (χ1n) is 7.98. The van der Waals surface area contributed by atoms with Gasteiger partial charge >= 0.3 is 12.1 Å². The third-order valence-electron chi connectivity index (χ3n) is 4.28. The Bertz CT molecular complexity index is 398. The third-order valence-corrected chi connectivity index (χ3v) is 4.28. The summed E-state index contributed by atoms with van der Waals surface area (Å²) in [6.07, 6.45) is 5.64. The van der Waals surface area contributed by atoms with Gasteiger partial charge in [0.1, 0.15) is 11.6 Å². The Morgan fingerprint density at radius 2 is 1.67 bits per heavy atom. The van der Waals surface area contributed by atoms with E-state index in [9.17, 15) is 14.7 Å². The van der Waals surface area contributed by atoms with Crippen LogP contribution < -0.4 is 0 Å². The molecule has 1 N–H and O–H groups in total. The highest BCUT2D eigenvalue weighted by Gasteiger charge is 2.36. The molecule has 0 radical (unpaired) electrons. The van der Waals surface area contributed by atoms with E-state index in [0.717, 1.165) is 18.8 Å². The number of hydrogen-bond donors (Lipinski definition) is 1. The summed E-state index contributed by atoms with van der Waals surface area (Å²) in [5.74, 6) is 0.464. The molecule has 21 heavy (non-hydrogen) atoms. The van der Waals surface area contributed by atoms with E-state index in [-0.39, 0.29) is 0 Å². The molecule has 2 aliphatic rings. The number of ether oxygens (including phenoxy) is 1. The van der Waals surface area contributed by atoms with Crippen molar-refractivity contribution >= 4 is 12.1 Å². The Balaban J connectivity index is 2.01. The summed E-state index contributed by atoms with van der Waals surface area (Å²) < 4.78 is 5.37. The van der Waals surface area contributed by atoms with Crippen LogP contribution in [-0.4, -0.2) is 40.3 Å². The molecule has 1 amide bonds. The van der Waals surface area contributed by atoms with E-state index < -0.39 is 23.7 Å². The zero-order chi connectivity index (χ0) is 15.6. The highest BCUT2D eigenvalue weighted by molar-refractivity contribution is 5.80. The number of likely N-dealkylation sites (tertiary alicyclic amines) is 1. The third kappa shape index (κ3) is 4.90. The molecule has 1 saturated heterocycles. The van der Waals surface area contributed by atoms with Gasteiger partial charge in [0.05, 0.1) is 0 Å². The first-order valence-corrected chi connectivity index (χ1v) is 7.98. The van der Waals surface area contributed by atoms with Gasteiger partial charge in [0.2, 0.25) is 0 Å². The monoisotopic (exact) mass is 297 g/mol. The number of aliphatic carboxylic acids is 1. The van der Waals surface area contributed by atoms with Crippen LogP contribution in [0.5, 0.6) is 0 Å². The van der Waals surface area contributed by atoms with Gasteiger partial charge in [-0.15, -0.1) is 0 Å². The van der Waals surface area contributed by atoms with E-state index in [0.29, 0.717) is 18.9 Å². The lowest BCUT2D eigenvalue weighted by atomic mass is 9.93. The van der Waals surface area contributed by atoms with E-state index in [1.807, 2.05) is 0 Å². The second-order valence-corrected chi connectivity index (χ2v) is 7.44. The number of carbonyl (C=O) groups is 2. The van der Waals surface area contributed by atoms with Crippen LogP contribution in [0.1, 0.15) is 59.3 Å². The van der Waals surface area contributed by atoms with Crippen molar-refractivity contribution in [2.45, 2.75) is 70.9 Å². The average molecular weight is 297 g/mol. The molecule has 0 aromatic rings. The summed E-state index contributed by atoms with van der Waals surface area (Å²) in [7, 11) is 0. The fourth-order valence-electron chi connectivity index (χ4n) is 3.03. The predicted octanol–water partition coefficient (Wildman–Crippen LogP) is 3.28. The van der Waals surface area contributed by atoms with Crippen molar-refractivity contribution in [3.8, 4) is 0 Å². The molecule has 5 nitrogen and oxygen atoms in total. The summed E-state index contributed by atoms with van der Waals surface area (Å²) in [6, 6.07) is -0.746. The largest absolute Gasteiger partial charge is 0.480 e. The molecule has 0 spiro atoms. The quantitative estimate of drug-likeness (QED) is 0.868. The lowest BCUT2D eigenvalue weighted by Crippen LogP contribution is -2.46. The molecule has 1 heterocycles. The fourth-order valence-corrected chi connectivity index (χ4v) is 3.03. The van der Waals surface area contributed by atoms with Crippen LogP contribution in [-0.2, 0) is 9.53 Å². The highest BCUT2D eigenvalue weighted by atomic mass is 16.6. The van der Waals surface area contributed by atoms with E-state index in [1.165, 1.54) is 24.2 Å². The Morgan fingerprint density at radius 1 is 1.10 bits per heavy atom. The van der Waals surface area contributed by atoms with Crippen LogP contribution in [0.2, 0.25) is 0 Å². The Morgan fingerprint density at radius 3 is 2.19 bits per heavy atom. The maximum atomic E-state index is 12.3. The number of amides is 1. The molecule has 1 aliphatic heterocycles. The van der Waals surface area contributed by atoms with Gasteiger partial charge in [-0.25, -0.2) is 9.59 Å². The molecule has 0 bridgehead atoms. The number of nitrogens with zero attached hydrogens (tertiary/aromatic N) is 1. The van der Waals surface area contributed by atoms with Crippen molar-refractivity contribution in [1.29, 1.82) is 0 Å². The normalized spacial score (nSPS) is 27.1. The predicted molar refractivity (Wildman–Crippen MR) is 79.0 cm³/mol. The minimum absolute atomic E-state index is 0.489. The molecule has 120 valence electrons. The molecule has 1 saturated carbocycles. The van der Waals surface area contributed by atoms with E-state index in [1.54, 1.807) is 20.8 Å². The first-order chi connectivity index (χ1) is 9.76. The SMILES string of the molecule is CC(C)(C)OC(=O)N1CCC(CC2CC2)CC[C@H]1C(=O)O. The minimum atomic E-state index is -0.923. The van der Waals surface area contributed by atoms with Gasteiger partial charge in [0, 0.05) is 6.54 Å². The molecule has 2 atom stereocenters. The molecule has 1 aliphatic carbocycles. The zero-order valence-electron chi connectivity index (χ0n) is 13.3. The lowest BCUT2D eigenvalue weighted by Gasteiger charge is -2.30. The molecule has 0 aromatic heterocycles. The maximum Gasteiger partial charge on any atom is 0.411 e. The summed E-state index contributed by atoms with van der Waals surface area (Å²) in [4.78, 5) is 25.2. The van der Waals surface area contributed by atoms with Gasteiger partial charge in [-0.1, -0.05) is 12.8 Å². The second-order valence-electron chi connectivity index (χ2n) is 7.44. The zero-order valence-corrected chi connectivity index (χ0v) is 13.3. The summed E-state index contributed by atoms with van der Waals surface area (Å²) in [5, 5.41) is 9.41. The maximum absolute atomic E-state index is 12.3. The van der Waals surface area contributed by atoms with Crippen molar-refractivity contribution in [3.05, 3.63) is 0 Å². The van der Waals surface area contributed by atoms with E-state index in [4.69, 9.17) is 4.74 Å². The molecule has 1 unspecified atom stereocenters. The summed E-state index contributed by atoms with van der Waals surface area (Å²) in [6.45, 7) is 5.89. The van der Waals surface area contributed by atoms with Gasteiger partial charge in [0.15, 0.2) is 0 Å². The van der Waals surface area contributed by atoms with Crippen molar-refractivity contribution in [3.63, 3.8) is 0 Å². The second kappa shape index (κ2) is 6.24. The summed E-state index contributed by atoms with van der Waals surface area (Å²) >= 11 is 0. The topological polar surface area (TPSA) is 66.8 Å². The van der Waals surface area contributed by atoms with Crippen molar-refractivity contribution in [1.82, 2.24) is 4.90 Å². The lowest BCUT2D eigenvalue weighted by molar-refractivity contribution is -0.143. The minimum Gasteiger partial charge on any atom is -0.480 e. The Hall–Kier alpha value is -1.26. The summed E-state index contributed by atoms with van der Waals surface area (Å²) in [5.41, 5.74) is -0.597.